The monoisotopic (exact) mass is 158 g/mol. The summed E-state index contributed by atoms with van der Waals surface area (Å²) < 4.78 is 0. The second-order valence-electron chi connectivity index (χ2n) is 3.28. The molecule has 0 bridgehead atoms. The standard InChI is InChI=1S/C8H14O3/c9-7-3-1-2-6(4-7)5-8(10)11/h6-7,9H,1-5H2,(H,10,11). The number of carbonyl (C=O) groups is 1. The highest BCUT2D eigenvalue weighted by atomic mass is 16.4. The van der Waals surface area contributed by atoms with Gasteiger partial charge in [0.15, 0.2) is 0 Å². The van der Waals surface area contributed by atoms with Crippen LogP contribution in [-0.2, 0) is 4.79 Å². The zero-order valence-electron chi connectivity index (χ0n) is 6.49. The summed E-state index contributed by atoms with van der Waals surface area (Å²) in [4.78, 5) is 10.3. The molecule has 0 radical (unpaired) electrons. The van der Waals surface area contributed by atoms with Crippen LogP contribution in [-0.4, -0.2) is 22.3 Å². The molecule has 0 heterocycles. The lowest BCUT2D eigenvalue weighted by molar-refractivity contribution is -0.138. The molecule has 1 fully saturated rings. The Kier molecular flexibility index (Phi) is 2.88. The molecular formula is C8H14O3. The third-order valence-electron chi connectivity index (χ3n) is 2.22. The first-order valence-electron chi connectivity index (χ1n) is 4.08. The highest BCUT2D eigenvalue weighted by molar-refractivity contribution is 5.67. The molecule has 1 rings (SSSR count). The van der Waals surface area contributed by atoms with Crippen LogP contribution in [0.25, 0.3) is 0 Å². The Labute approximate surface area is 66.0 Å². The fraction of sp³-hybridized carbons (Fsp3) is 0.875. The topological polar surface area (TPSA) is 57.5 Å². The quantitative estimate of drug-likeness (QED) is 0.630. The Balaban J connectivity index is 2.28. The first-order valence-corrected chi connectivity index (χ1v) is 4.08. The third-order valence-corrected chi connectivity index (χ3v) is 2.22. The summed E-state index contributed by atoms with van der Waals surface area (Å²) in [5.41, 5.74) is 0. The van der Waals surface area contributed by atoms with Gasteiger partial charge in [0.1, 0.15) is 0 Å². The maximum atomic E-state index is 10.3. The molecule has 1 aliphatic carbocycles. The summed E-state index contributed by atoms with van der Waals surface area (Å²) in [7, 11) is 0. The van der Waals surface area contributed by atoms with Gasteiger partial charge in [-0.3, -0.25) is 4.79 Å². The molecule has 2 N–H and O–H groups in total. The van der Waals surface area contributed by atoms with E-state index >= 15 is 0 Å². The second kappa shape index (κ2) is 3.72. The van der Waals surface area contributed by atoms with Crippen LogP contribution in [0.2, 0.25) is 0 Å². The van der Waals surface area contributed by atoms with E-state index in [2.05, 4.69) is 0 Å². The summed E-state index contributed by atoms with van der Waals surface area (Å²) in [5, 5.41) is 17.7. The van der Waals surface area contributed by atoms with Crippen molar-refractivity contribution in [2.75, 3.05) is 0 Å². The van der Waals surface area contributed by atoms with Crippen molar-refractivity contribution in [3.05, 3.63) is 0 Å². The van der Waals surface area contributed by atoms with E-state index in [1.54, 1.807) is 0 Å². The Bertz CT molecular complexity index is 144. The fourth-order valence-corrected chi connectivity index (χ4v) is 1.69. The molecule has 2 unspecified atom stereocenters. The van der Waals surface area contributed by atoms with Crippen LogP contribution < -0.4 is 0 Å². The number of aliphatic carboxylic acids is 1. The molecule has 3 heteroatoms. The number of carboxylic acid groups (broad SMARTS) is 1. The molecule has 0 saturated heterocycles. The molecule has 1 saturated carbocycles. The molecular weight excluding hydrogens is 144 g/mol. The van der Waals surface area contributed by atoms with Gasteiger partial charge in [0.05, 0.1) is 6.10 Å². The van der Waals surface area contributed by atoms with Crippen molar-refractivity contribution >= 4 is 5.97 Å². The van der Waals surface area contributed by atoms with Crippen molar-refractivity contribution in [1.82, 2.24) is 0 Å². The van der Waals surface area contributed by atoms with E-state index in [1.807, 2.05) is 0 Å². The molecule has 1 aliphatic rings. The fourth-order valence-electron chi connectivity index (χ4n) is 1.69. The minimum absolute atomic E-state index is 0.205. The van der Waals surface area contributed by atoms with Gasteiger partial charge in [0.25, 0.3) is 0 Å². The average Bonchev–Trinajstić information content (AvgIpc) is 1.85. The Morgan fingerprint density at radius 2 is 2.18 bits per heavy atom. The van der Waals surface area contributed by atoms with Crippen molar-refractivity contribution in [3.8, 4) is 0 Å². The van der Waals surface area contributed by atoms with Crippen LogP contribution in [0.5, 0.6) is 0 Å². The van der Waals surface area contributed by atoms with E-state index in [0.717, 1.165) is 19.3 Å². The smallest absolute Gasteiger partial charge is 0.303 e. The lowest BCUT2D eigenvalue weighted by Gasteiger charge is -2.24. The first-order chi connectivity index (χ1) is 5.18. The van der Waals surface area contributed by atoms with Crippen LogP contribution in [0.3, 0.4) is 0 Å². The molecule has 0 aliphatic heterocycles. The van der Waals surface area contributed by atoms with E-state index in [-0.39, 0.29) is 18.4 Å². The minimum Gasteiger partial charge on any atom is -0.481 e. The molecule has 0 aromatic carbocycles. The van der Waals surface area contributed by atoms with Gasteiger partial charge in [0.2, 0.25) is 0 Å². The summed E-state index contributed by atoms with van der Waals surface area (Å²) >= 11 is 0. The maximum absolute atomic E-state index is 10.3. The molecule has 0 spiro atoms. The van der Waals surface area contributed by atoms with E-state index in [9.17, 15) is 9.90 Å². The Morgan fingerprint density at radius 1 is 1.45 bits per heavy atom. The number of hydrogen-bond donors (Lipinski definition) is 2. The maximum Gasteiger partial charge on any atom is 0.303 e. The van der Waals surface area contributed by atoms with Gasteiger partial charge in [-0.05, 0) is 25.2 Å². The summed E-state index contributed by atoms with van der Waals surface area (Å²) in [6, 6.07) is 0. The zero-order valence-corrected chi connectivity index (χ0v) is 6.49. The Morgan fingerprint density at radius 3 is 2.73 bits per heavy atom. The number of aliphatic hydroxyl groups excluding tert-OH is 1. The molecule has 0 amide bonds. The summed E-state index contributed by atoms with van der Waals surface area (Å²) in [6.45, 7) is 0. The highest BCUT2D eigenvalue weighted by Gasteiger charge is 2.21. The normalized spacial score (nSPS) is 31.7. The van der Waals surface area contributed by atoms with Gasteiger partial charge in [-0.1, -0.05) is 6.42 Å². The minimum atomic E-state index is -0.746. The largest absolute Gasteiger partial charge is 0.481 e. The van der Waals surface area contributed by atoms with Gasteiger partial charge in [-0.15, -0.1) is 0 Å². The Hall–Kier alpha value is -0.570. The predicted molar refractivity (Wildman–Crippen MR) is 40.2 cm³/mol. The third kappa shape index (κ3) is 2.89. The second-order valence-corrected chi connectivity index (χ2v) is 3.28. The summed E-state index contributed by atoms with van der Waals surface area (Å²) in [6.07, 6.45) is 3.41. The average molecular weight is 158 g/mol. The van der Waals surface area contributed by atoms with Crippen LogP contribution in [0.1, 0.15) is 32.1 Å². The predicted octanol–water partition coefficient (Wildman–Crippen LogP) is 1.01. The van der Waals surface area contributed by atoms with E-state index in [4.69, 9.17) is 5.11 Å². The van der Waals surface area contributed by atoms with Crippen LogP contribution in [0, 0.1) is 5.92 Å². The van der Waals surface area contributed by atoms with Crippen molar-refractivity contribution in [3.63, 3.8) is 0 Å². The molecule has 0 aromatic heterocycles. The number of rotatable bonds is 2. The van der Waals surface area contributed by atoms with Crippen molar-refractivity contribution in [2.45, 2.75) is 38.2 Å². The van der Waals surface area contributed by atoms with E-state index < -0.39 is 5.97 Å². The first kappa shape index (κ1) is 8.53. The van der Waals surface area contributed by atoms with Gasteiger partial charge in [0, 0.05) is 6.42 Å². The number of aliphatic hydroxyl groups is 1. The molecule has 2 atom stereocenters. The lowest BCUT2D eigenvalue weighted by atomic mass is 9.85. The molecule has 3 nitrogen and oxygen atoms in total. The molecule has 64 valence electrons. The van der Waals surface area contributed by atoms with Crippen LogP contribution in [0.15, 0.2) is 0 Å². The van der Waals surface area contributed by atoms with Crippen molar-refractivity contribution < 1.29 is 15.0 Å². The van der Waals surface area contributed by atoms with Gasteiger partial charge in [-0.25, -0.2) is 0 Å². The van der Waals surface area contributed by atoms with Crippen LogP contribution >= 0.6 is 0 Å². The van der Waals surface area contributed by atoms with Gasteiger partial charge < -0.3 is 10.2 Å². The molecule has 0 aromatic rings. The van der Waals surface area contributed by atoms with Crippen molar-refractivity contribution in [2.24, 2.45) is 5.92 Å². The van der Waals surface area contributed by atoms with E-state index in [1.165, 1.54) is 0 Å². The lowest BCUT2D eigenvalue weighted by Crippen LogP contribution is -2.21. The SMILES string of the molecule is O=C(O)CC1CCCC(O)C1. The summed E-state index contributed by atoms with van der Waals surface area (Å²) in [5.74, 6) is -0.541. The van der Waals surface area contributed by atoms with E-state index in [0.29, 0.717) is 6.42 Å². The zero-order chi connectivity index (χ0) is 8.27. The van der Waals surface area contributed by atoms with Crippen LogP contribution in [0.4, 0.5) is 0 Å². The molecule has 11 heavy (non-hydrogen) atoms. The number of hydrogen-bond acceptors (Lipinski definition) is 2. The van der Waals surface area contributed by atoms with Crippen molar-refractivity contribution in [1.29, 1.82) is 0 Å². The van der Waals surface area contributed by atoms with Gasteiger partial charge >= 0.3 is 5.97 Å². The van der Waals surface area contributed by atoms with Gasteiger partial charge in [-0.2, -0.15) is 0 Å². The number of carboxylic acids is 1. The highest BCUT2D eigenvalue weighted by Crippen LogP contribution is 2.26.